The zero-order chi connectivity index (χ0) is 15.9. The lowest BCUT2D eigenvalue weighted by atomic mass is 10.3. The molecule has 2 rings (SSSR count). The van der Waals surface area contributed by atoms with Crippen molar-refractivity contribution in [2.45, 2.75) is 6.42 Å². The molecule has 2 aromatic rings. The number of aromatic nitrogens is 2. The van der Waals surface area contributed by atoms with E-state index in [1.54, 1.807) is 18.3 Å². The minimum Gasteiger partial charge on any atom is -0.370 e. The van der Waals surface area contributed by atoms with E-state index in [1.165, 1.54) is 12.1 Å². The first-order chi connectivity index (χ1) is 10.5. The van der Waals surface area contributed by atoms with Crippen molar-refractivity contribution in [1.82, 2.24) is 14.9 Å². The summed E-state index contributed by atoms with van der Waals surface area (Å²) in [5, 5.41) is 6.30. The lowest BCUT2D eigenvalue weighted by Gasteiger charge is -2.11. The fraction of sp³-hybridized carbons (Fsp3) is 0.333. The van der Waals surface area contributed by atoms with Crippen molar-refractivity contribution in [1.29, 1.82) is 0 Å². The molecule has 0 saturated heterocycles. The van der Waals surface area contributed by atoms with Crippen LogP contribution in [0.15, 0.2) is 30.5 Å². The maximum Gasteiger partial charge on any atom is 0.229 e. The lowest BCUT2D eigenvalue weighted by Crippen LogP contribution is -2.16. The Hall–Kier alpha value is -1.92. The van der Waals surface area contributed by atoms with E-state index in [-0.39, 0.29) is 5.02 Å². The minimum absolute atomic E-state index is 0.0583. The first-order valence-electron chi connectivity index (χ1n) is 6.98. The number of hydrogen-bond acceptors (Lipinski definition) is 5. The Morgan fingerprint density at radius 2 is 2.09 bits per heavy atom. The topological polar surface area (TPSA) is 53.1 Å². The number of halogens is 2. The summed E-state index contributed by atoms with van der Waals surface area (Å²) in [5.41, 5.74) is 0.635. The van der Waals surface area contributed by atoms with Gasteiger partial charge in [0.15, 0.2) is 0 Å². The number of nitrogens with zero attached hydrogens (tertiary/aromatic N) is 3. The van der Waals surface area contributed by atoms with Gasteiger partial charge < -0.3 is 15.5 Å². The molecule has 22 heavy (non-hydrogen) atoms. The highest BCUT2D eigenvalue weighted by atomic mass is 35.5. The number of nitrogens with one attached hydrogen (secondary N) is 2. The molecule has 1 aromatic carbocycles. The predicted molar refractivity (Wildman–Crippen MR) is 88.4 cm³/mol. The largest absolute Gasteiger partial charge is 0.370 e. The fourth-order valence-electron chi connectivity index (χ4n) is 1.83. The molecule has 7 heteroatoms. The van der Waals surface area contributed by atoms with Crippen molar-refractivity contribution < 1.29 is 4.39 Å². The maximum absolute atomic E-state index is 13.1. The molecule has 0 bridgehead atoms. The Kier molecular flexibility index (Phi) is 5.91. The molecular weight excluding hydrogens is 305 g/mol. The Bertz CT molecular complexity index is 621. The van der Waals surface area contributed by atoms with E-state index >= 15 is 0 Å². The van der Waals surface area contributed by atoms with E-state index < -0.39 is 5.82 Å². The van der Waals surface area contributed by atoms with Crippen LogP contribution in [-0.4, -0.2) is 42.1 Å². The van der Waals surface area contributed by atoms with Gasteiger partial charge in [-0.2, -0.15) is 4.98 Å². The summed E-state index contributed by atoms with van der Waals surface area (Å²) >= 11 is 5.75. The van der Waals surface area contributed by atoms with Gasteiger partial charge in [-0.05, 0) is 51.3 Å². The van der Waals surface area contributed by atoms with Crippen LogP contribution >= 0.6 is 11.6 Å². The van der Waals surface area contributed by atoms with E-state index in [1.807, 2.05) is 14.1 Å². The van der Waals surface area contributed by atoms with Crippen LogP contribution in [0.5, 0.6) is 0 Å². The summed E-state index contributed by atoms with van der Waals surface area (Å²) in [6.45, 7) is 1.84. The first kappa shape index (κ1) is 16.5. The van der Waals surface area contributed by atoms with Crippen LogP contribution in [-0.2, 0) is 0 Å². The second-order valence-electron chi connectivity index (χ2n) is 5.10. The number of anilines is 3. The van der Waals surface area contributed by atoms with Crippen LogP contribution in [0.3, 0.4) is 0 Å². The Morgan fingerprint density at radius 1 is 1.27 bits per heavy atom. The first-order valence-corrected chi connectivity index (χ1v) is 7.36. The van der Waals surface area contributed by atoms with E-state index in [2.05, 4.69) is 25.5 Å². The van der Waals surface area contributed by atoms with Crippen molar-refractivity contribution in [3.8, 4) is 0 Å². The third-order valence-corrected chi connectivity index (χ3v) is 3.21. The summed E-state index contributed by atoms with van der Waals surface area (Å²) in [7, 11) is 4.08. The van der Waals surface area contributed by atoms with Gasteiger partial charge in [-0.1, -0.05) is 11.6 Å². The Morgan fingerprint density at radius 3 is 2.82 bits per heavy atom. The van der Waals surface area contributed by atoms with E-state index in [4.69, 9.17) is 11.6 Å². The van der Waals surface area contributed by atoms with Gasteiger partial charge in [0, 0.05) is 18.4 Å². The summed E-state index contributed by atoms with van der Waals surface area (Å²) in [5.74, 6) is 0.717. The Labute approximate surface area is 134 Å². The molecule has 0 amide bonds. The van der Waals surface area contributed by atoms with Crippen molar-refractivity contribution in [2.75, 3.05) is 37.8 Å². The molecule has 0 unspecified atom stereocenters. The lowest BCUT2D eigenvalue weighted by molar-refractivity contribution is 0.405. The smallest absolute Gasteiger partial charge is 0.229 e. The highest BCUT2D eigenvalue weighted by Crippen LogP contribution is 2.21. The van der Waals surface area contributed by atoms with Gasteiger partial charge in [-0.25, -0.2) is 9.37 Å². The molecule has 0 atom stereocenters. The average molecular weight is 324 g/mol. The fourth-order valence-corrected chi connectivity index (χ4v) is 2.01. The molecule has 0 radical (unpaired) electrons. The monoisotopic (exact) mass is 323 g/mol. The summed E-state index contributed by atoms with van der Waals surface area (Å²) in [6, 6.07) is 6.19. The van der Waals surface area contributed by atoms with Gasteiger partial charge in [0.1, 0.15) is 11.6 Å². The van der Waals surface area contributed by atoms with Gasteiger partial charge in [0.05, 0.1) is 5.02 Å². The zero-order valence-corrected chi connectivity index (χ0v) is 13.4. The van der Waals surface area contributed by atoms with Gasteiger partial charge in [0.25, 0.3) is 0 Å². The van der Waals surface area contributed by atoms with Crippen molar-refractivity contribution in [3.63, 3.8) is 0 Å². The third kappa shape index (κ3) is 5.13. The molecule has 0 aliphatic carbocycles. The zero-order valence-electron chi connectivity index (χ0n) is 12.6. The van der Waals surface area contributed by atoms with Crippen molar-refractivity contribution in [3.05, 3.63) is 41.3 Å². The quantitative estimate of drug-likeness (QED) is 0.765. The molecule has 5 nitrogen and oxygen atoms in total. The molecule has 0 aliphatic heterocycles. The molecule has 118 valence electrons. The highest BCUT2D eigenvalue weighted by Gasteiger charge is 2.03. The van der Waals surface area contributed by atoms with Crippen LogP contribution in [0.1, 0.15) is 6.42 Å². The van der Waals surface area contributed by atoms with Crippen LogP contribution < -0.4 is 10.6 Å². The van der Waals surface area contributed by atoms with Gasteiger partial charge in [0.2, 0.25) is 5.95 Å². The van der Waals surface area contributed by atoms with Crippen LogP contribution in [0.25, 0.3) is 0 Å². The van der Waals surface area contributed by atoms with Crippen LogP contribution in [0.2, 0.25) is 5.02 Å². The normalized spacial score (nSPS) is 10.8. The molecule has 0 saturated carbocycles. The molecule has 1 aromatic heterocycles. The van der Waals surface area contributed by atoms with Gasteiger partial charge in [-0.3, -0.25) is 0 Å². The average Bonchev–Trinajstić information content (AvgIpc) is 2.48. The van der Waals surface area contributed by atoms with Crippen molar-refractivity contribution >= 4 is 29.1 Å². The predicted octanol–water partition coefficient (Wildman–Crippen LogP) is 3.38. The van der Waals surface area contributed by atoms with E-state index in [0.717, 1.165) is 25.3 Å². The van der Waals surface area contributed by atoms with Crippen molar-refractivity contribution in [2.24, 2.45) is 0 Å². The van der Waals surface area contributed by atoms with Gasteiger partial charge in [-0.15, -0.1) is 0 Å². The summed E-state index contributed by atoms with van der Waals surface area (Å²) in [6.07, 6.45) is 2.68. The van der Waals surface area contributed by atoms with Gasteiger partial charge >= 0.3 is 0 Å². The minimum atomic E-state index is -0.454. The number of benzene rings is 1. The van der Waals surface area contributed by atoms with E-state index in [0.29, 0.717) is 11.6 Å². The van der Waals surface area contributed by atoms with E-state index in [9.17, 15) is 4.39 Å². The molecular formula is C15H19ClFN5. The number of hydrogen-bond donors (Lipinski definition) is 2. The summed E-state index contributed by atoms with van der Waals surface area (Å²) in [4.78, 5) is 10.6. The SMILES string of the molecule is CN(C)CCCNc1ccnc(Nc2ccc(F)c(Cl)c2)n1. The maximum atomic E-state index is 13.1. The number of rotatable bonds is 7. The third-order valence-electron chi connectivity index (χ3n) is 2.92. The highest BCUT2D eigenvalue weighted by molar-refractivity contribution is 6.31. The molecule has 0 aliphatic rings. The molecule has 1 heterocycles. The summed E-state index contributed by atoms with van der Waals surface area (Å²) < 4.78 is 13.1. The second kappa shape index (κ2) is 7.91. The standard InChI is InChI=1S/C15H19ClFN5/c1-22(2)9-3-7-18-14-6-8-19-15(21-14)20-11-4-5-13(17)12(16)10-11/h4-6,8,10H,3,7,9H2,1-2H3,(H2,18,19,20,21). The second-order valence-corrected chi connectivity index (χ2v) is 5.51. The van der Waals surface area contributed by atoms with Crippen LogP contribution in [0.4, 0.5) is 21.8 Å². The molecule has 0 spiro atoms. The Balaban J connectivity index is 1.94. The van der Waals surface area contributed by atoms with Crippen LogP contribution in [0, 0.1) is 5.82 Å². The molecule has 0 fully saturated rings. The molecule has 2 N–H and O–H groups in total.